The van der Waals surface area contributed by atoms with Crippen molar-refractivity contribution in [1.29, 1.82) is 0 Å². The minimum absolute atomic E-state index is 0.105. The van der Waals surface area contributed by atoms with Gasteiger partial charge < -0.3 is 5.32 Å². The van der Waals surface area contributed by atoms with Gasteiger partial charge in [-0.25, -0.2) is 8.78 Å². The molecule has 2 fully saturated rings. The predicted octanol–water partition coefficient (Wildman–Crippen LogP) is 4.12. The van der Waals surface area contributed by atoms with Crippen LogP contribution in [0.3, 0.4) is 0 Å². The van der Waals surface area contributed by atoms with Gasteiger partial charge in [-0.2, -0.15) is 0 Å². The molecule has 0 aromatic rings. The highest BCUT2D eigenvalue weighted by molar-refractivity contribution is 4.90. The van der Waals surface area contributed by atoms with E-state index in [0.29, 0.717) is 6.42 Å². The molecule has 2 aliphatic rings. The quantitative estimate of drug-likeness (QED) is 0.771. The van der Waals surface area contributed by atoms with Crippen LogP contribution in [0.2, 0.25) is 0 Å². The van der Waals surface area contributed by atoms with E-state index in [1.807, 2.05) is 0 Å². The van der Waals surface area contributed by atoms with Gasteiger partial charge in [-0.3, -0.25) is 0 Å². The molecule has 1 saturated carbocycles. The summed E-state index contributed by atoms with van der Waals surface area (Å²) in [4.78, 5) is 0. The predicted molar refractivity (Wildman–Crippen MR) is 66.4 cm³/mol. The van der Waals surface area contributed by atoms with Gasteiger partial charge in [0.05, 0.1) is 0 Å². The van der Waals surface area contributed by atoms with Crippen molar-refractivity contribution >= 4 is 0 Å². The maximum absolute atomic E-state index is 13.4. The summed E-state index contributed by atoms with van der Waals surface area (Å²) in [7, 11) is 0. The van der Waals surface area contributed by atoms with Gasteiger partial charge in [0.2, 0.25) is 5.92 Å². The van der Waals surface area contributed by atoms with Gasteiger partial charge in [-0.15, -0.1) is 0 Å². The zero-order valence-corrected chi connectivity index (χ0v) is 10.9. The third kappa shape index (κ3) is 3.90. The first-order valence-electron chi connectivity index (χ1n) is 7.12. The van der Waals surface area contributed by atoms with Crippen LogP contribution in [0.5, 0.6) is 0 Å². The third-order valence-electron chi connectivity index (χ3n) is 4.44. The normalized spacial score (nSPS) is 38.6. The topological polar surface area (TPSA) is 12.0 Å². The Hall–Kier alpha value is -0.180. The first-order chi connectivity index (χ1) is 7.99. The molecule has 0 aromatic carbocycles. The zero-order valence-electron chi connectivity index (χ0n) is 10.9. The Kier molecular flexibility index (Phi) is 4.06. The number of hydrogen-bond acceptors (Lipinski definition) is 1. The van der Waals surface area contributed by atoms with Crippen LogP contribution in [-0.2, 0) is 0 Å². The lowest BCUT2D eigenvalue weighted by Gasteiger charge is -2.37. The Morgan fingerprint density at radius 2 is 1.94 bits per heavy atom. The highest BCUT2D eigenvalue weighted by atomic mass is 19.3. The van der Waals surface area contributed by atoms with Gasteiger partial charge in [-0.1, -0.05) is 12.8 Å². The Balaban J connectivity index is 1.90. The van der Waals surface area contributed by atoms with Crippen LogP contribution in [0.25, 0.3) is 0 Å². The number of rotatable bonds is 2. The minimum atomic E-state index is -2.40. The highest BCUT2D eigenvalue weighted by Crippen LogP contribution is 2.40. The first-order valence-corrected chi connectivity index (χ1v) is 7.12. The van der Waals surface area contributed by atoms with Crippen molar-refractivity contribution in [3.63, 3.8) is 0 Å². The fraction of sp³-hybridized carbons (Fsp3) is 1.00. The Morgan fingerprint density at radius 3 is 2.71 bits per heavy atom. The monoisotopic (exact) mass is 245 g/mol. The van der Waals surface area contributed by atoms with Crippen molar-refractivity contribution in [1.82, 2.24) is 5.32 Å². The van der Waals surface area contributed by atoms with E-state index < -0.39 is 5.92 Å². The van der Waals surface area contributed by atoms with Gasteiger partial charge in [0.15, 0.2) is 0 Å². The molecule has 100 valence electrons. The summed E-state index contributed by atoms with van der Waals surface area (Å²) in [6.45, 7) is 3.28. The molecule has 17 heavy (non-hydrogen) atoms. The van der Waals surface area contributed by atoms with E-state index in [1.54, 1.807) is 0 Å². The summed E-state index contributed by atoms with van der Waals surface area (Å²) in [6, 6.07) is 0. The maximum Gasteiger partial charge on any atom is 0.248 e. The number of alkyl halides is 2. The molecule has 3 heteroatoms. The lowest BCUT2D eigenvalue weighted by atomic mass is 9.77. The fourth-order valence-corrected chi connectivity index (χ4v) is 3.56. The second kappa shape index (κ2) is 5.21. The average Bonchev–Trinajstić information content (AvgIpc) is 2.41. The van der Waals surface area contributed by atoms with E-state index in [2.05, 4.69) is 12.2 Å². The molecular formula is C14H25F2N. The summed E-state index contributed by atoms with van der Waals surface area (Å²) in [5.41, 5.74) is 0.106. The lowest BCUT2D eigenvalue weighted by Crippen LogP contribution is -2.44. The molecule has 0 spiro atoms. The standard InChI is InChI=1S/C14H25F2N/c1-13(7-3-2-4-9-17-13)10-12-6-5-8-14(15,16)11-12/h12,17H,2-11H2,1H3. The molecule has 1 aliphatic heterocycles. The Bertz CT molecular complexity index is 245. The van der Waals surface area contributed by atoms with Crippen LogP contribution in [0, 0.1) is 5.92 Å². The molecule has 1 N–H and O–H groups in total. The molecule has 2 rings (SSSR count). The molecule has 0 bridgehead atoms. The van der Waals surface area contributed by atoms with Crippen molar-refractivity contribution in [2.75, 3.05) is 6.54 Å². The minimum Gasteiger partial charge on any atom is -0.312 e. The van der Waals surface area contributed by atoms with Gasteiger partial charge in [-0.05, 0) is 51.5 Å². The average molecular weight is 245 g/mol. The van der Waals surface area contributed by atoms with E-state index in [-0.39, 0.29) is 24.3 Å². The van der Waals surface area contributed by atoms with Gasteiger partial charge in [0.1, 0.15) is 0 Å². The fourth-order valence-electron chi connectivity index (χ4n) is 3.56. The first kappa shape index (κ1) is 13.3. The van der Waals surface area contributed by atoms with Crippen molar-refractivity contribution in [2.24, 2.45) is 5.92 Å². The lowest BCUT2D eigenvalue weighted by molar-refractivity contribution is -0.0570. The maximum atomic E-state index is 13.4. The summed E-state index contributed by atoms with van der Waals surface area (Å²) in [5, 5.41) is 3.59. The van der Waals surface area contributed by atoms with Crippen LogP contribution < -0.4 is 5.32 Å². The van der Waals surface area contributed by atoms with Crippen molar-refractivity contribution in [3.8, 4) is 0 Å². The number of nitrogens with one attached hydrogen (secondary N) is 1. The van der Waals surface area contributed by atoms with Crippen molar-refractivity contribution in [2.45, 2.75) is 76.2 Å². The highest BCUT2D eigenvalue weighted by Gasteiger charge is 2.39. The molecule has 1 heterocycles. The van der Waals surface area contributed by atoms with Crippen LogP contribution >= 0.6 is 0 Å². The van der Waals surface area contributed by atoms with Crippen molar-refractivity contribution < 1.29 is 8.78 Å². The zero-order chi connectivity index (χ0) is 12.4. The van der Waals surface area contributed by atoms with E-state index in [1.165, 1.54) is 19.3 Å². The summed E-state index contributed by atoms with van der Waals surface area (Å²) < 4.78 is 26.8. The van der Waals surface area contributed by atoms with E-state index >= 15 is 0 Å². The van der Waals surface area contributed by atoms with Crippen molar-refractivity contribution in [3.05, 3.63) is 0 Å². The number of halogens is 2. The summed E-state index contributed by atoms with van der Waals surface area (Å²) >= 11 is 0. The molecule has 1 saturated heterocycles. The van der Waals surface area contributed by atoms with Crippen LogP contribution in [0.1, 0.15) is 64.7 Å². The summed E-state index contributed by atoms with van der Waals surface area (Å²) in [6.07, 6.45) is 7.75. The second-order valence-electron chi connectivity index (χ2n) is 6.32. The van der Waals surface area contributed by atoms with Crippen LogP contribution in [-0.4, -0.2) is 18.0 Å². The number of hydrogen-bond donors (Lipinski definition) is 1. The smallest absolute Gasteiger partial charge is 0.248 e. The molecular weight excluding hydrogens is 220 g/mol. The molecule has 2 unspecified atom stereocenters. The Labute approximate surface area is 103 Å². The van der Waals surface area contributed by atoms with E-state index in [9.17, 15) is 8.78 Å². The molecule has 1 aliphatic carbocycles. The largest absolute Gasteiger partial charge is 0.312 e. The molecule has 0 radical (unpaired) electrons. The second-order valence-corrected chi connectivity index (χ2v) is 6.32. The SMILES string of the molecule is CC1(CC2CCCC(F)(F)C2)CCCCCN1. The molecule has 0 amide bonds. The van der Waals surface area contributed by atoms with Crippen LogP contribution in [0.15, 0.2) is 0 Å². The van der Waals surface area contributed by atoms with E-state index in [4.69, 9.17) is 0 Å². The molecule has 1 nitrogen and oxygen atoms in total. The third-order valence-corrected chi connectivity index (χ3v) is 4.44. The van der Waals surface area contributed by atoms with E-state index in [0.717, 1.165) is 25.8 Å². The molecule has 0 aromatic heterocycles. The van der Waals surface area contributed by atoms with Crippen LogP contribution in [0.4, 0.5) is 8.78 Å². The Morgan fingerprint density at radius 1 is 1.12 bits per heavy atom. The van der Waals surface area contributed by atoms with Gasteiger partial charge >= 0.3 is 0 Å². The summed E-state index contributed by atoms with van der Waals surface area (Å²) in [5.74, 6) is -2.18. The van der Waals surface area contributed by atoms with Gasteiger partial charge in [0.25, 0.3) is 0 Å². The molecule has 2 atom stereocenters. The van der Waals surface area contributed by atoms with Gasteiger partial charge in [0, 0.05) is 18.4 Å².